The first kappa shape index (κ1) is 13.6. The zero-order valence-corrected chi connectivity index (χ0v) is 10.9. The van der Waals surface area contributed by atoms with E-state index >= 15 is 0 Å². The molecule has 1 aromatic rings. The Hall–Kier alpha value is -0.430. The molecule has 0 saturated heterocycles. The molecule has 0 atom stereocenters. The Balaban J connectivity index is 2.48. The van der Waals surface area contributed by atoms with Crippen LogP contribution in [0.3, 0.4) is 0 Å². The van der Waals surface area contributed by atoms with Crippen molar-refractivity contribution in [2.45, 2.75) is 19.4 Å². The molecular weight excluding hydrogens is 246 g/mol. The molecule has 4 nitrogen and oxygen atoms in total. The van der Waals surface area contributed by atoms with E-state index in [1.165, 1.54) is 4.31 Å². The summed E-state index contributed by atoms with van der Waals surface area (Å²) < 4.78 is 24.9. The smallest absolute Gasteiger partial charge is 0.214 e. The summed E-state index contributed by atoms with van der Waals surface area (Å²) in [5.74, 6) is 0.107. The maximum absolute atomic E-state index is 11.8. The molecule has 0 bridgehead atoms. The number of sulfonamides is 1. The highest BCUT2D eigenvalue weighted by Gasteiger charge is 2.17. The highest BCUT2D eigenvalue weighted by Crippen LogP contribution is 2.13. The molecule has 0 unspecified atom stereocenters. The number of thiophene rings is 1. The molecule has 6 heteroatoms. The molecule has 0 radical (unpaired) electrons. The van der Waals surface area contributed by atoms with E-state index in [1.807, 2.05) is 17.5 Å². The van der Waals surface area contributed by atoms with Crippen LogP contribution >= 0.6 is 11.3 Å². The molecule has 0 aromatic carbocycles. The number of unbranched alkanes of at least 4 members (excludes halogenated alkanes) is 1. The van der Waals surface area contributed by atoms with E-state index in [9.17, 15) is 8.42 Å². The molecule has 0 aliphatic heterocycles. The molecule has 0 amide bonds. The van der Waals surface area contributed by atoms with Gasteiger partial charge in [0.1, 0.15) is 0 Å². The van der Waals surface area contributed by atoms with Crippen LogP contribution in [0.15, 0.2) is 17.5 Å². The molecule has 0 fully saturated rings. The standard InChI is InChI=1S/C10H17NO3S2/c1-11(9-10-5-4-7-15-10)16(13,14)8-3-2-6-12/h4-5,7,12H,2-3,6,8-9H2,1H3. The van der Waals surface area contributed by atoms with Crippen molar-refractivity contribution < 1.29 is 13.5 Å². The number of hydrogen-bond donors (Lipinski definition) is 1. The number of nitrogens with zero attached hydrogens (tertiary/aromatic N) is 1. The Kier molecular flexibility index (Phi) is 5.40. The molecule has 0 aliphatic rings. The van der Waals surface area contributed by atoms with Crippen LogP contribution in [0.25, 0.3) is 0 Å². The molecule has 1 heterocycles. The van der Waals surface area contributed by atoms with Gasteiger partial charge in [0.05, 0.1) is 5.75 Å². The van der Waals surface area contributed by atoms with Crippen LogP contribution in [0.2, 0.25) is 0 Å². The number of aliphatic hydroxyl groups excluding tert-OH is 1. The van der Waals surface area contributed by atoms with Gasteiger partial charge in [0.2, 0.25) is 10.0 Å². The monoisotopic (exact) mass is 263 g/mol. The largest absolute Gasteiger partial charge is 0.396 e. The zero-order valence-electron chi connectivity index (χ0n) is 9.30. The van der Waals surface area contributed by atoms with Gasteiger partial charge in [0.25, 0.3) is 0 Å². The van der Waals surface area contributed by atoms with Crippen molar-refractivity contribution in [2.24, 2.45) is 0 Å². The average Bonchev–Trinajstić information content (AvgIpc) is 2.70. The summed E-state index contributed by atoms with van der Waals surface area (Å²) in [5, 5.41) is 10.5. The summed E-state index contributed by atoms with van der Waals surface area (Å²) in [6.45, 7) is 0.475. The summed E-state index contributed by atoms with van der Waals surface area (Å²) >= 11 is 1.55. The molecule has 1 aromatic heterocycles. The lowest BCUT2D eigenvalue weighted by Gasteiger charge is -2.15. The highest BCUT2D eigenvalue weighted by molar-refractivity contribution is 7.89. The third kappa shape index (κ3) is 4.21. The summed E-state index contributed by atoms with van der Waals surface area (Å²) in [5.41, 5.74) is 0. The van der Waals surface area contributed by atoms with Gasteiger partial charge >= 0.3 is 0 Å². The van der Waals surface area contributed by atoms with E-state index in [0.717, 1.165) is 4.88 Å². The van der Waals surface area contributed by atoms with E-state index < -0.39 is 10.0 Å². The van der Waals surface area contributed by atoms with Gasteiger partial charge in [-0.3, -0.25) is 0 Å². The quantitative estimate of drug-likeness (QED) is 0.754. The van der Waals surface area contributed by atoms with Gasteiger partial charge in [-0.1, -0.05) is 6.07 Å². The van der Waals surface area contributed by atoms with Gasteiger partial charge < -0.3 is 5.11 Å². The van der Waals surface area contributed by atoms with Crippen molar-refractivity contribution in [3.63, 3.8) is 0 Å². The average molecular weight is 263 g/mol. The zero-order chi connectivity index (χ0) is 12.0. The molecular formula is C10H17NO3S2. The molecule has 1 rings (SSSR count). The molecule has 0 spiro atoms. The fourth-order valence-electron chi connectivity index (χ4n) is 1.27. The number of hydrogen-bond acceptors (Lipinski definition) is 4. The van der Waals surface area contributed by atoms with Crippen molar-refractivity contribution in [3.05, 3.63) is 22.4 Å². The van der Waals surface area contributed by atoms with Gasteiger partial charge in [-0.25, -0.2) is 8.42 Å². The van der Waals surface area contributed by atoms with Crippen molar-refractivity contribution in [2.75, 3.05) is 19.4 Å². The summed E-state index contributed by atoms with van der Waals surface area (Å²) in [4.78, 5) is 1.04. The van der Waals surface area contributed by atoms with Crippen molar-refractivity contribution in [3.8, 4) is 0 Å². The predicted octanol–water partition coefficient (Wildman–Crippen LogP) is 1.28. The number of aliphatic hydroxyl groups is 1. The summed E-state index contributed by atoms with van der Waals surface area (Å²) in [6.07, 6.45) is 1.04. The van der Waals surface area contributed by atoms with E-state index in [0.29, 0.717) is 19.4 Å². The van der Waals surface area contributed by atoms with Gasteiger partial charge in [0, 0.05) is 25.1 Å². The number of rotatable bonds is 7. The molecule has 1 N–H and O–H groups in total. The lowest BCUT2D eigenvalue weighted by Crippen LogP contribution is -2.28. The first-order chi connectivity index (χ1) is 7.56. The second kappa shape index (κ2) is 6.34. The van der Waals surface area contributed by atoms with E-state index in [1.54, 1.807) is 18.4 Å². The minimum atomic E-state index is -3.18. The van der Waals surface area contributed by atoms with E-state index in [2.05, 4.69) is 0 Å². The third-order valence-electron chi connectivity index (χ3n) is 2.24. The Morgan fingerprint density at radius 3 is 2.75 bits per heavy atom. The Labute approximate surface area is 101 Å². The maximum Gasteiger partial charge on any atom is 0.214 e. The van der Waals surface area contributed by atoms with Crippen LogP contribution < -0.4 is 0 Å². The molecule has 0 saturated carbocycles. The second-order valence-corrected chi connectivity index (χ2v) is 6.81. The molecule has 0 aliphatic carbocycles. The minimum Gasteiger partial charge on any atom is -0.396 e. The van der Waals surface area contributed by atoms with Crippen LogP contribution in [-0.2, 0) is 16.6 Å². The van der Waals surface area contributed by atoms with Crippen LogP contribution in [0, 0.1) is 0 Å². The van der Waals surface area contributed by atoms with Crippen LogP contribution in [0.4, 0.5) is 0 Å². The van der Waals surface area contributed by atoms with Crippen LogP contribution in [0.1, 0.15) is 17.7 Å². The van der Waals surface area contributed by atoms with Gasteiger partial charge in [-0.2, -0.15) is 4.31 Å². The first-order valence-corrected chi connectivity index (χ1v) is 7.62. The SMILES string of the molecule is CN(Cc1cccs1)S(=O)(=O)CCCCO. The van der Waals surface area contributed by atoms with Crippen LogP contribution in [-0.4, -0.2) is 37.2 Å². The van der Waals surface area contributed by atoms with Crippen LogP contribution in [0.5, 0.6) is 0 Å². The van der Waals surface area contributed by atoms with Gasteiger partial charge in [-0.15, -0.1) is 11.3 Å². The lowest BCUT2D eigenvalue weighted by atomic mass is 10.4. The van der Waals surface area contributed by atoms with Gasteiger partial charge in [0.15, 0.2) is 0 Å². The predicted molar refractivity (Wildman–Crippen MR) is 65.9 cm³/mol. The molecule has 16 heavy (non-hydrogen) atoms. The maximum atomic E-state index is 11.8. The fourth-order valence-corrected chi connectivity index (χ4v) is 3.33. The van der Waals surface area contributed by atoms with E-state index in [-0.39, 0.29) is 12.4 Å². The lowest BCUT2D eigenvalue weighted by molar-refractivity contribution is 0.287. The van der Waals surface area contributed by atoms with Crippen molar-refractivity contribution in [1.82, 2.24) is 4.31 Å². The summed E-state index contributed by atoms with van der Waals surface area (Å²) in [7, 11) is -1.59. The fraction of sp³-hybridized carbons (Fsp3) is 0.600. The Morgan fingerprint density at radius 1 is 1.44 bits per heavy atom. The van der Waals surface area contributed by atoms with Crippen molar-refractivity contribution >= 4 is 21.4 Å². The Morgan fingerprint density at radius 2 is 2.19 bits per heavy atom. The normalized spacial score (nSPS) is 12.2. The molecule has 92 valence electrons. The van der Waals surface area contributed by atoms with Gasteiger partial charge in [-0.05, 0) is 24.3 Å². The summed E-state index contributed by atoms with van der Waals surface area (Å²) in [6, 6.07) is 3.83. The topological polar surface area (TPSA) is 57.6 Å². The Bertz CT molecular complexity index is 386. The first-order valence-electron chi connectivity index (χ1n) is 5.13. The highest BCUT2D eigenvalue weighted by atomic mass is 32.2. The second-order valence-electron chi connectivity index (χ2n) is 3.58. The van der Waals surface area contributed by atoms with Crippen molar-refractivity contribution in [1.29, 1.82) is 0 Å². The third-order valence-corrected chi connectivity index (χ3v) is 4.99. The minimum absolute atomic E-state index is 0.0458. The van der Waals surface area contributed by atoms with E-state index in [4.69, 9.17) is 5.11 Å².